The molecule has 148 valence electrons. The Morgan fingerprint density at radius 3 is 2.61 bits per heavy atom. The van der Waals surface area contributed by atoms with Crippen molar-refractivity contribution < 1.29 is 12.6 Å². The summed E-state index contributed by atoms with van der Waals surface area (Å²) in [5, 5.41) is 1.27. The number of aryl methyl sites for hydroxylation is 1. The van der Waals surface area contributed by atoms with Gasteiger partial charge in [-0.3, -0.25) is 4.18 Å². The summed E-state index contributed by atoms with van der Waals surface area (Å²) in [6.07, 6.45) is 1.55. The Balaban J connectivity index is 1.84. The second kappa shape index (κ2) is 7.35. The molecule has 0 radical (unpaired) electrons. The summed E-state index contributed by atoms with van der Waals surface area (Å²) in [4.78, 5) is 2.31. The van der Waals surface area contributed by atoms with Crippen LogP contribution in [0.15, 0.2) is 48.5 Å². The summed E-state index contributed by atoms with van der Waals surface area (Å²) in [6, 6.07) is 16.1. The Hall–Kier alpha value is -2.15. The van der Waals surface area contributed by atoms with E-state index in [0.717, 1.165) is 36.8 Å². The predicted molar refractivity (Wildman–Crippen MR) is 112 cm³/mol. The predicted octanol–water partition coefficient (Wildman–Crippen LogP) is 3.66. The number of benzene rings is 2. The molecule has 1 unspecified atom stereocenters. The Morgan fingerprint density at radius 1 is 1.14 bits per heavy atom. The second-order valence-electron chi connectivity index (χ2n) is 7.74. The van der Waals surface area contributed by atoms with E-state index in [9.17, 15) is 8.42 Å². The monoisotopic (exact) mass is 398 g/mol. The fourth-order valence-corrected chi connectivity index (χ4v) is 4.73. The van der Waals surface area contributed by atoms with Crippen LogP contribution in [0.5, 0.6) is 0 Å². The molecule has 1 atom stereocenters. The smallest absolute Gasteiger partial charge is 0.265 e. The maximum Gasteiger partial charge on any atom is 0.265 e. The molecule has 0 spiro atoms. The lowest BCUT2D eigenvalue weighted by Gasteiger charge is -2.26. The van der Waals surface area contributed by atoms with Gasteiger partial charge in [0.25, 0.3) is 10.1 Å². The molecular formula is C22H26N2O3S. The van der Waals surface area contributed by atoms with Crippen LogP contribution in [0.2, 0.25) is 0 Å². The van der Waals surface area contributed by atoms with E-state index in [2.05, 4.69) is 41.6 Å². The van der Waals surface area contributed by atoms with Crippen LogP contribution >= 0.6 is 0 Å². The highest BCUT2D eigenvalue weighted by Crippen LogP contribution is 2.33. The minimum atomic E-state index is -3.59. The number of hydrogen-bond acceptors (Lipinski definition) is 4. The number of hydrogen-bond donors (Lipinski definition) is 0. The molecule has 1 aliphatic rings. The van der Waals surface area contributed by atoms with Gasteiger partial charge in [0.05, 0.1) is 12.8 Å². The summed E-state index contributed by atoms with van der Waals surface area (Å²) in [7, 11) is -1.47. The molecule has 2 aromatic carbocycles. The second-order valence-corrected chi connectivity index (χ2v) is 9.34. The molecule has 6 heteroatoms. The largest absolute Gasteiger partial charge is 0.340 e. The third-order valence-electron chi connectivity index (χ3n) is 5.42. The lowest BCUT2D eigenvalue weighted by Crippen LogP contribution is -2.28. The van der Waals surface area contributed by atoms with Crippen molar-refractivity contribution in [1.82, 2.24) is 9.47 Å². The zero-order valence-electron chi connectivity index (χ0n) is 16.6. The molecule has 0 N–H and O–H groups in total. The van der Waals surface area contributed by atoms with Gasteiger partial charge in [0, 0.05) is 29.7 Å². The van der Waals surface area contributed by atoms with Crippen LogP contribution in [-0.2, 0) is 33.8 Å². The SMILES string of the molecule is Cc1ccc2c(c1)c1c(n2CC(OS(C)(=O)=O)c2ccccc2)CN(C)CC1. The maximum absolute atomic E-state index is 12.0. The highest BCUT2D eigenvalue weighted by Gasteiger charge is 2.26. The lowest BCUT2D eigenvalue weighted by molar-refractivity contribution is 0.190. The zero-order chi connectivity index (χ0) is 19.9. The molecule has 0 fully saturated rings. The number of fused-ring (bicyclic) bond motifs is 3. The van der Waals surface area contributed by atoms with Gasteiger partial charge >= 0.3 is 0 Å². The molecule has 0 saturated heterocycles. The molecular weight excluding hydrogens is 372 g/mol. The summed E-state index contributed by atoms with van der Waals surface area (Å²) in [5.74, 6) is 0. The first kappa shape index (κ1) is 19.2. The van der Waals surface area contributed by atoms with E-state index in [1.807, 2.05) is 30.3 Å². The molecule has 3 aromatic rings. The van der Waals surface area contributed by atoms with Crippen LogP contribution < -0.4 is 0 Å². The van der Waals surface area contributed by atoms with Crippen molar-refractivity contribution in [3.63, 3.8) is 0 Å². The van der Waals surface area contributed by atoms with E-state index < -0.39 is 16.2 Å². The Labute approximate surface area is 166 Å². The minimum Gasteiger partial charge on any atom is -0.340 e. The van der Waals surface area contributed by atoms with Crippen molar-refractivity contribution in [3.8, 4) is 0 Å². The van der Waals surface area contributed by atoms with Gasteiger partial charge in [-0.2, -0.15) is 8.42 Å². The minimum absolute atomic E-state index is 0.458. The van der Waals surface area contributed by atoms with Crippen LogP contribution in [0.1, 0.15) is 28.5 Å². The highest BCUT2D eigenvalue weighted by molar-refractivity contribution is 7.86. The third kappa shape index (κ3) is 3.85. The van der Waals surface area contributed by atoms with Crippen LogP contribution in [0.25, 0.3) is 10.9 Å². The van der Waals surface area contributed by atoms with Crippen molar-refractivity contribution in [2.24, 2.45) is 0 Å². The van der Waals surface area contributed by atoms with Gasteiger partial charge < -0.3 is 9.47 Å². The Morgan fingerprint density at radius 2 is 1.89 bits per heavy atom. The third-order valence-corrected chi connectivity index (χ3v) is 6.00. The normalized spacial score (nSPS) is 16.2. The lowest BCUT2D eigenvalue weighted by atomic mass is 10.0. The molecule has 4 rings (SSSR count). The number of likely N-dealkylation sites (N-methyl/N-ethyl adjacent to an activating group) is 1. The average molecular weight is 399 g/mol. The first-order valence-electron chi connectivity index (χ1n) is 9.54. The fraction of sp³-hybridized carbons (Fsp3) is 0.364. The van der Waals surface area contributed by atoms with Gasteiger partial charge in [-0.15, -0.1) is 0 Å². The molecule has 28 heavy (non-hydrogen) atoms. The molecule has 5 nitrogen and oxygen atoms in total. The van der Waals surface area contributed by atoms with Crippen LogP contribution in [0, 0.1) is 6.92 Å². The van der Waals surface area contributed by atoms with E-state index in [0.29, 0.717) is 6.54 Å². The summed E-state index contributed by atoms with van der Waals surface area (Å²) in [6.45, 7) is 4.45. The molecule has 0 amide bonds. The number of rotatable bonds is 5. The van der Waals surface area contributed by atoms with E-state index in [1.54, 1.807) is 0 Å². The molecule has 1 aromatic heterocycles. The molecule has 1 aliphatic heterocycles. The average Bonchev–Trinajstić information content (AvgIpc) is 2.93. The van der Waals surface area contributed by atoms with Crippen LogP contribution in [-0.4, -0.2) is 37.7 Å². The zero-order valence-corrected chi connectivity index (χ0v) is 17.4. The van der Waals surface area contributed by atoms with Crippen molar-refractivity contribution in [3.05, 3.63) is 70.9 Å². The van der Waals surface area contributed by atoms with E-state index in [4.69, 9.17) is 4.18 Å². The Kier molecular flexibility index (Phi) is 5.04. The summed E-state index contributed by atoms with van der Waals surface area (Å²) in [5.41, 5.74) is 5.87. The van der Waals surface area contributed by atoms with Crippen molar-refractivity contribution in [2.75, 3.05) is 19.8 Å². The van der Waals surface area contributed by atoms with Gasteiger partial charge in [0.1, 0.15) is 6.10 Å². The van der Waals surface area contributed by atoms with Crippen LogP contribution in [0.4, 0.5) is 0 Å². The van der Waals surface area contributed by atoms with Gasteiger partial charge in [-0.1, -0.05) is 42.0 Å². The molecule has 0 bridgehead atoms. The van der Waals surface area contributed by atoms with Crippen molar-refractivity contribution in [2.45, 2.75) is 32.5 Å². The number of aromatic nitrogens is 1. The molecule has 2 heterocycles. The Bertz CT molecular complexity index is 1100. The van der Waals surface area contributed by atoms with Crippen molar-refractivity contribution >= 4 is 21.0 Å². The van der Waals surface area contributed by atoms with E-state index in [1.165, 1.54) is 22.2 Å². The van der Waals surface area contributed by atoms with E-state index >= 15 is 0 Å². The van der Waals surface area contributed by atoms with Gasteiger partial charge in [0.15, 0.2) is 0 Å². The first-order valence-corrected chi connectivity index (χ1v) is 11.4. The first-order chi connectivity index (χ1) is 13.3. The van der Waals surface area contributed by atoms with Crippen molar-refractivity contribution in [1.29, 1.82) is 0 Å². The quantitative estimate of drug-likeness (QED) is 0.616. The topological polar surface area (TPSA) is 51.5 Å². The summed E-state index contributed by atoms with van der Waals surface area (Å²) >= 11 is 0. The van der Waals surface area contributed by atoms with Gasteiger partial charge in [-0.25, -0.2) is 0 Å². The number of nitrogens with zero attached hydrogens (tertiary/aromatic N) is 2. The summed E-state index contributed by atoms with van der Waals surface area (Å²) < 4.78 is 31.7. The fourth-order valence-electron chi connectivity index (χ4n) is 4.13. The highest BCUT2D eigenvalue weighted by atomic mass is 32.2. The molecule has 0 saturated carbocycles. The van der Waals surface area contributed by atoms with Gasteiger partial charge in [-0.05, 0) is 43.7 Å². The standard InChI is InChI=1S/C22H26N2O3S/c1-16-9-10-20-19(13-16)18-11-12-23(2)14-21(18)24(20)15-22(27-28(3,25)26)17-7-5-4-6-8-17/h4-10,13,22H,11-12,14-15H2,1-3H3. The maximum atomic E-state index is 12.0. The van der Waals surface area contributed by atoms with E-state index in [-0.39, 0.29) is 0 Å². The van der Waals surface area contributed by atoms with Crippen LogP contribution in [0.3, 0.4) is 0 Å². The molecule has 0 aliphatic carbocycles. The van der Waals surface area contributed by atoms with Gasteiger partial charge in [0.2, 0.25) is 0 Å².